The number of hydrogen-bond acceptors (Lipinski definition) is 5. The van der Waals surface area contributed by atoms with Crippen molar-refractivity contribution in [3.63, 3.8) is 0 Å². The molecule has 0 aliphatic carbocycles. The van der Waals surface area contributed by atoms with Gasteiger partial charge in [-0.1, -0.05) is 36.4 Å². The van der Waals surface area contributed by atoms with Crippen LogP contribution in [0.4, 0.5) is 10.1 Å². The van der Waals surface area contributed by atoms with E-state index < -0.39 is 15.8 Å². The molecule has 0 bridgehead atoms. The fourth-order valence-corrected chi connectivity index (χ4v) is 5.02. The topological polar surface area (TPSA) is 88.6 Å². The number of rotatable bonds is 6. The predicted octanol–water partition coefficient (Wildman–Crippen LogP) is 4.08. The monoisotopic (exact) mass is 477 g/mol. The Morgan fingerprint density at radius 1 is 1.00 bits per heavy atom. The zero-order valence-corrected chi connectivity index (χ0v) is 18.7. The van der Waals surface area contributed by atoms with Crippen molar-refractivity contribution in [1.29, 1.82) is 0 Å². The first-order valence-corrected chi connectivity index (χ1v) is 12.1. The highest BCUT2D eigenvalue weighted by Gasteiger charge is 2.33. The molecule has 4 aromatic rings. The van der Waals surface area contributed by atoms with E-state index in [1.807, 2.05) is 30.3 Å². The number of para-hydroxylation sites is 2. The maximum atomic E-state index is 14.8. The van der Waals surface area contributed by atoms with Crippen LogP contribution in [0.15, 0.2) is 90.0 Å². The minimum absolute atomic E-state index is 0.0600. The highest BCUT2D eigenvalue weighted by Crippen LogP contribution is 2.26. The zero-order valence-electron chi connectivity index (χ0n) is 17.9. The molecule has 5 rings (SSSR count). The van der Waals surface area contributed by atoms with E-state index in [1.54, 1.807) is 29.2 Å². The Balaban J connectivity index is 1.28. The highest BCUT2D eigenvalue weighted by atomic mass is 32.2. The average molecular weight is 478 g/mol. The summed E-state index contributed by atoms with van der Waals surface area (Å²) in [6.45, 7) is 0.773. The summed E-state index contributed by atoms with van der Waals surface area (Å²) in [7, 11) is -4.11. The van der Waals surface area contributed by atoms with Crippen LogP contribution in [-0.4, -0.2) is 43.4 Å². The number of amides is 1. The maximum absolute atomic E-state index is 14.8. The molecule has 9 heteroatoms. The normalized spacial score (nSPS) is 14.0. The van der Waals surface area contributed by atoms with Crippen LogP contribution < -0.4 is 9.46 Å². The fourth-order valence-electron chi connectivity index (χ4n) is 3.78. The van der Waals surface area contributed by atoms with Crippen molar-refractivity contribution in [2.24, 2.45) is 0 Å². The Kier molecular flexibility index (Phi) is 5.62. The van der Waals surface area contributed by atoms with Gasteiger partial charge in [0.25, 0.3) is 15.9 Å². The summed E-state index contributed by atoms with van der Waals surface area (Å²) in [5.41, 5.74) is 0.165. The Morgan fingerprint density at radius 3 is 2.53 bits per heavy atom. The number of anilines is 1. The lowest BCUT2D eigenvalue weighted by Crippen LogP contribution is -2.56. The summed E-state index contributed by atoms with van der Waals surface area (Å²) in [5.74, 6) is -0.469. The van der Waals surface area contributed by atoms with Gasteiger partial charge < -0.3 is 9.64 Å². The smallest absolute Gasteiger partial charge is 0.264 e. The minimum atomic E-state index is -4.11. The lowest BCUT2D eigenvalue weighted by atomic mass is 10.1. The molecule has 0 saturated carbocycles. The van der Waals surface area contributed by atoms with Gasteiger partial charge in [0, 0.05) is 17.1 Å². The van der Waals surface area contributed by atoms with Crippen LogP contribution >= 0.6 is 0 Å². The van der Waals surface area contributed by atoms with E-state index in [1.165, 1.54) is 24.4 Å². The molecule has 3 aromatic carbocycles. The molecule has 1 fully saturated rings. The van der Waals surface area contributed by atoms with Crippen molar-refractivity contribution in [2.45, 2.75) is 11.0 Å². The van der Waals surface area contributed by atoms with E-state index in [0.29, 0.717) is 18.5 Å². The highest BCUT2D eigenvalue weighted by molar-refractivity contribution is 7.93. The standard InChI is InChI=1S/C25H20FN3O4S/c26-21-14-18(25(30)29-15-20(16-29)33-19-8-2-1-3-9-19)11-12-22(21)28-34(31,32)23-10-4-6-17-7-5-13-27-24(17)23/h1-14,20,28H,15-16H2. The molecule has 7 nitrogen and oxygen atoms in total. The van der Waals surface area contributed by atoms with Gasteiger partial charge in [-0.05, 0) is 42.5 Å². The number of pyridine rings is 1. The summed E-state index contributed by atoms with van der Waals surface area (Å²) in [4.78, 5) is 18.3. The molecule has 1 N–H and O–H groups in total. The molecule has 1 aromatic heterocycles. The van der Waals surface area contributed by atoms with Gasteiger partial charge in [0.2, 0.25) is 0 Å². The van der Waals surface area contributed by atoms with Crippen molar-refractivity contribution >= 4 is 32.5 Å². The third-order valence-corrected chi connectivity index (χ3v) is 6.92. The fraction of sp³-hybridized carbons (Fsp3) is 0.120. The van der Waals surface area contributed by atoms with Gasteiger partial charge in [-0.15, -0.1) is 0 Å². The largest absolute Gasteiger partial charge is 0.487 e. The maximum Gasteiger partial charge on any atom is 0.264 e. The van der Waals surface area contributed by atoms with Gasteiger partial charge >= 0.3 is 0 Å². The van der Waals surface area contributed by atoms with E-state index in [9.17, 15) is 17.6 Å². The molecule has 172 valence electrons. The number of carbonyl (C=O) groups excluding carboxylic acids is 1. The quantitative estimate of drug-likeness (QED) is 0.452. The summed E-state index contributed by atoms with van der Waals surface area (Å²) in [6.07, 6.45) is 1.37. The molecular weight excluding hydrogens is 457 g/mol. The van der Waals surface area contributed by atoms with Crippen LogP contribution in [0.2, 0.25) is 0 Å². The van der Waals surface area contributed by atoms with E-state index in [4.69, 9.17) is 4.74 Å². The van der Waals surface area contributed by atoms with Crippen LogP contribution in [0, 0.1) is 5.82 Å². The number of benzene rings is 3. The van der Waals surface area contributed by atoms with E-state index in [-0.39, 0.29) is 33.7 Å². The van der Waals surface area contributed by atoms with Gasteiger partial charge in [0.15, 0.2) is 0 Å². The van der Waals surface area contributed by atoms with Crippen molar-refractivity contribution in [1.82, 2.24) is 9.88 Å². The average Bonchev–Trinajstić information content (AvgIpc) is 2.82. The summed E-state index contributed by atoms with van der Waals surface area (Å²) in [6, 6.07) is 21.2. The third-order valence-electron chi connectivity index (χ3n) is 5.53. The van der Waals surface area contributed by atoms with Crippen LogP contribution in [0.1, 0.15) is 10.4 Å². The first-order valence-electron chi connectivity index (χ1n) is 10.6. The predicted molar refractivity (Wildman–Crippen MR) is 126 cm³/mol. The minimum Gasteiger partial charge on any atom is -0.487 e. The Hall–Kier alpha value is -3.98. The number of nitrogens with zero attached hydrogens (tertiary/aromatic N) is 2. The number of fused-ring (bicyclic) bond motifs is 1. The lowest BCUT2D eigenvalue weighted by Gasteiger charge is -2.39. The second-order valence-electron chi connectivity index (χ2n) is 7.89. The van der Waals surface area contributed by atoms with E-state index in [0.717, 1.165) is 11.8 Å². The molecule has 2 heterocycles. The Labute approximate surface area is 195 Å². The second kappa shape index (κ2) is 8.75. The zero-order chi connectivity index (χ0) is 23.7. The number of carbonyl (C=O) groups is 1. The number of hydrogen-bond donors (Lipinski definition) is 1. The van der Waals surface area contributed by atoms with Crippen LogP contribution in [0.3, 0.4) is 0 Å². The molecule has 1 aliphatic rings. The van der Waals surface area contributed by atoms with Crippen molar-refractivity contribution < 1.29 is 22.3 Å². The van der Waals surface area contributed by atoms with Gasteiger partial charge in [0.05, 0.1) is 24.3 Å². The molecular formula is C25H20FN3O4S. The SMILES string of the molecule is O=C(c1ccc(NS(=O)(=O)c2cccc3cccnc23)c(F)c1)N1CC(Oc2ccccc2)C1. The molecule has 0 unspecified atom stereocenters. The lowest BCUT2D eigenvalue weighted by molar-refractivity contribution is 0.0177. The number of likely N-dealkylation sites (tertiary alicyclic amines) is 1. The van der Waals surface area contributed by atoms with Gasteiger partial charge in [-0.3, -0.25) is 14.5 Å². The first-order chi connectivity index (χ1) is 16.4. The molecule has 0 atom stereocenters. The molecule has 1 saturated heterocycles. The Morgan fingerprint density at radius 2 is 1.76 bits per heavy atom. The molecule has 1 aliphatic heterocycles. The van der Waals surface area contributed by atoms with Crippen molar-refractivity contribution in [3.05, 3.63) is 96.4 Å². The van der Waals surface area contributed by atoms with Crippen molar-refractivity contribution in [2.75, 3.05) is 17.8 Å². The van der Waals surface area contributed by atoms with Crippen LogP contribution in [0.5, 0.6) is 5.75 Å². The van der Waals surface area contributed by atoms with E-state index in [2.05, 4.69) is 9.71 Å². The molecule has 0 radical (unpaired) electrons. The Bertz CT molecular complexity index is 1470. The summed E-state index contributed by atoms with van der Waals surface area (Å²) < 4.78 is 48.7. The summed E-state index contributed by atoms with van der Waals surface area (Å²) >= 11 is 0. The first kappa shape index (κ1) is 21.8. The number of nitrogens with one attached hydrogen (secondary N) is 1. The number of aromatic nitrogens is 1. The molecule has 0 spiro atoms. The second-order valence-corrected chi connectivity index (χ2v) is 9.55. The molecule has 34 heavy (non-hydrogen) atoms. The van der Waals surface area contributed by atoms with Gasteiger partial charge in [-0.25, -0.2) is 12.8 Å². The number of halogens is 1. The summed E-state index contributed by atoms with van der Waals surface area (Å²) in [5, 5.41) is 0.649. The van der Waals surface area contributed by atoms with Crippen LogP contribution in [-0.2, 0) is 10.0 Å². The molecule has 1 amide bonds. The van der Waals surface area contributed by atoms with Crippen molar-refractivity contribution in [3.8, 4) is 5.75 Å². The van der Waals surface area contributed by atoms with Gasteiger partial charge in [0.1, 0.15) is 22.6 Å². The van der Waals surface area contributed by atoms with Gasteiger partial charge in [-0.2, -0.15) is 0 Å². The van der Waals surface area contributed by atoms with E-state index >= 15 is 0 Å². The van der Waals surface area contributed by atoms with Crippen LogP contribution in [0.25, 0.3) is 10.9 Å². The third kappa shape index (κ3) is 4.29. The number of ether oxygens (including phenoxy) is 1. The number of sulfonamides is 1.